The van der Waals surface area contributed by atoms with Gasteiger partial charge in [0.2, 0.25) is 0 Å². The molecule has 0 aromatic heterocycles. The molecular weight excluding hydrogens is 399 g/mol. The van der Waals surface area contributed by atoms with Crippen LogP contribution in [0.3, 0.4) is 0 Å². The Labute approximate surface area is 160 Å². The van der Waals surface area contributed by atoms with Gasteiger partial charge in [0.05, 0.1) is 0 Å². The fourth-order valence-corrected chi connectivity index (χ4v) is 3.74. The molecule has 0 aromatic carbocycles. The fourth-order valence-electron chi connectivity index (χ4n) is 2.28. The molecule has 0 aliphatic heterocycles. The van der Waals surface area contributed by atoms with Crippen LogP contribution in [-0.4, -0.2) is 12.3 Å². The van der Waals surface area contributed by atoms with Gasteiger partial charge in [-0.3, -0.25) is 0 Å². The molecule has 0 N–H and O–H groups in total. The molecule has 0 rings (SSSR count). The average molecular weight is 434 g/mol. The van der Waals surface area contributed by atoms with E-state index in [0.717, 1.165) is 19.0 Å². The van der Waals surface area contributed by atoms with Crippen LogP contribution in [0.2, 0.25) is 0 Å². The van der Waals surface area contributed by atoms with Crippen LogP contribution >= 0.6 is 8.03 Å². The molecule has 20 heavy (non-hydrogen) atoms. The molecule has 4 heteroatoms. The Morgan fingerprint density at radius 2 is 1.60 bits per heavy atom. The third-order valence-electron chi connectivity index (χ3n) is 3.71. The van der Waals surface area contributed by atoms with Gasteiger partial charge in [0.15, 0.2) is 6.16 Å². The maximum atomic E-state index is 12.0. The van der Waals surface area contributed by atoms with Crippen molar-refractivity contribution in [2.45, 2.75) is 91.6 Å². The van der Waals surface area contributed by atoms with Gasteiger partial charge in [-0.05, 0) is 30.8 Å². The third kappa shape index (κ3) is 14.4. The SMILES string of the molecule is CCCCCCC(C)O[P+](=O)CC(CC)CCCC.[Nd]. The first-order valence-electron chi connectivity index (χ1n) is 8.25. The molecule has 118 valence electrons. The molecule has 3 unspecified atom stereocenters. The number of unbranched alkanes of at least 4 members (excludes halogenated alkanes) is 4. The van der Waals surface area contributed by atoms with Crippen molar-refractivity contribution in [3.8, 4) is 0 Å². The van der Waals surface area contributed by atoms with E-state index >= 15 is 0 Å². The summed E-state index contributed by atoms with van der Waals surface area (Å²) < 4.78 is 17.7. The van der Waals surface area contributed by atoms with Crippen LogP contribution in [0.25, 0.3) is 0 Å². The summed E-state index contributed by atoms with van der Waals surface area (Å²) in [7, 11) is -1.46. The van der Waals surface area contributed by atoms with Crippen LogP contribution in [0.1, 0.15) is 85.5 Å². The Bertz CT molecular complexity index is 225. The third-order valence-corrected chi connectivity index (χ3v) is 5.12. The van der Waals surface area contributed by atoms with Gasteiger partial charge in [-0.25, -0.2) is 0 Å². The first-order chi connectivity index (χ1) is 9.13. The fraction of sp³-hybridized carbons (Fsp3) is 1.00. The molecule has 0 heterocycles. The zero-order valence-corrected chi connectivity index (χ0v) is 18.1. The van der Waals surface area contributed by atoms with E-state index in [1.54, 1.807) is 0 Å². The monoisotopic (exact) mass is 431 g/mol. The molecule has 0 aromatic rings. The molecule has 0 bridgehead atoms. The van der Waals surface area contributed by atoms with Crippen LogP contribution < -0.4 is 0 Å². The van der Waals surface area contributed by atoms with Crippen LogP contribution in [0.15, 0.2) is 0 Å². The van der Waals surface area contributed by atoms with Gasteiger partial charge < -0.3 is 0 Å². The molecule has 3 atom stereocenters. The largest absolute Gasteiger partial charge is 0.508 e. The Morgan fingerprint density at radius 1 is 0.950 bits per heavy atom. The first kappa shape index (κ1) is 23.7. The molecular formula is C16H34NdO2P+. The second-order valence-electron chi connectivity index (χ2n) is 5.70. The van der Waals surface area contributed by atoms with Crippen molar-refractivity contribution in [3.63, 3.8) is 0 Å². The standard InChI is InChI=1S/C16H34O2P.Nd/c1-5-8-10-11-12-15(4)18-19(17)14-16(7-3)13-9-6-2;/h15-16H,5-14H2,1-4H3;/q+1;. The molecule has 0 spiro atoms. The summed E-state index contributed by atoms with van der Waals surface area (Å²) in [6, 6.07) is 0. The minimum absolute atomic E-state index is 0. The van der Waals surface area contributed by atoms with E-state index in [2.05, 4.69) is 27.7 Å². The van der Waals surface area contributed by atoms with E-state index in [4.69, 9.17) is 4.52 Å². The molecule has 0 radical (unpaired) electrons. The molecule has 0 saturated carbocycles. The van der Waals surface area contributed by atoms with Crippen molar-refractivity contribution in [1.29, 1.82) is 0 Å². The maximum absolute atomic E-state index is 12.0. The minimum atomic E-state index is -1.46. The van der Waals surface area contributed by atoms with Gasteiger partial charge in [0, 0.05) is 46.8 Å². The Morgan fingerprint density at radius 3 is 2.15 bits per heavy atom. The molecule has 0 amide bonds. The first-order valence-corrected chi connectivity index (χ1v) is 9.61. The van der Waals surface area contributed by atoms with Crippen LogP contribution in [0.4, 0.5) is 0 Å². The second kappa shape index (κ2) is 16.8. The normalized spacial score (nSPS) is 14.5. The van der Waals surface area contributed by atoms with Crippen molar-refractivity contribution in [3.05, 3.63) is 0 Å². The van der Waals surface area contributed by atoms with Gasteiger partial charge in [0.1, 0.15) is 6.10 Å². The Kier molecular flexibility index (Phi) is 19.9. The van der Waals surface area contributed by atoms with E-state index in [0.29, 0.717) is 5.92 Å². The van der Waals surface area contributed by atoms with Crippen molar-refractivity contribution in [2.75, 3.05) is 6.16 Å². The summed E-state index contributed by atoms with van der Waals surface area (Å²) in [5.41, 5.74) is 0. The van der Waals surface area contributed by atoms with Crippen LogP contribution in [-0.2, 0) is 9.09 Å². The van der Waals surface area contributed by atoms with Crippen molar-refractivity contribution >= 4 is 8.03 Å². The molecule has 2 nitrogen and oxygen atoms in total. The Hall–Kier alpha value is 1.41. The summed E-state index contributed by atoms with van der Waals surface area (Å²) >= 11 is 0. The van der Waals surface area contributed by atoms with Gasteiger partial charge >= 0.3 is 8.03 Å². The van der Waals surface area contributed by atoms with Crippen LogP contribution in [0, 0.1) is 46.8 Å². The summed E-state index contributed by atoms with van der Waals surface area (Å²) in [6.07, 6.45) is 11.8. The molecule has 0 saturated heterocycles. The summed E-state index contributed by atoms with van der Waals surface area (Å²) in [5.74, 6) is 0.579. The van der Waals surface area contributed by atoms with Gasteiger partial charge in [-0.15, -0.1) is 4.52 Å². The minimum Gasteiger partial charge on any atom is -0.143 e. The van der Waals surface area contributed by atoms with Crippen molar-refractivity contribution < 1.29 is 49.9 Å². The number of rotatable bonds is 13. The zero-order valence-electron chi connectivity index (χ0n) is 14.0. The van der Waals surface area contributed by atoms with E-state index in [1.165, 1.54) is 44.9 Å². The van der Waals surface area contributed by atoms with E-state index < -0.39 is 8.03 Å². The second-order valence-corrected chi connectivity index (χ2v) is 6.94. The molecule has 0 aliphatic rings. The summed E-state index contributed by atoms with van der Waals surface area (Å²) in [6.45, 7) is 8.68. The van der Waals surface area contributed by atoms with Gasteiger partial charge in [-0.2, -0.15) is 0 Å². The smallest absolute Gasteiger partial charge is 0.143 e. The predicted molar refractivity (Wildman–Crippen MR) is 85.1 cm³/mol. The number of hydrogen-bond acceptors (Lipinski definition) is 2. The van der Waals surface area contributed by atoms with E-state index in [9.17, 15) is 4.57 Å². The zero-order chi connectivity index (χ0) is 14.5. The van der Waals surface area contributed by atoms with Crippen molar-refractivity contribution in [1.82, 2.24) is 0 Å². The maximum Gasteiger partial charge on any atom is 0.508 e. The van der Waals surface area contributed by atoms with Gasteiger partial charge in [0.25, 0.3) is 0 Å². The van der Waals surface area contributed by atoms with E-state index in [1.807, 2.05) is 0 Å². The topological polar surface area (TPSA) is 26.3 Å². The van der Waals surface area contributed by atoms with E-state index in [-0.39, 0.29) is 46.9 Å². The average Bonchev–Trinajstić information content (AvgIpc) is 2.39. The Balaban J connectivity index is 0. The molecule has 0 aliphatic carbocycles. The predicted octanol–water partition coefficient (Wildman–Crippen LogP) is 6.32. The number of hydrogen-bond donors (Lipinski definition) is 0. The quantitative estimate of drug-likeness (QED) is 0.251. The van der Waals surface area contributed by atoms with Crippen molar-refractivity contribution in [2.24, 2.45) is 5.92 Å². The van der Waals surface area contributed by atoms with Gasteiger partial charge in [-0.1, -0.05) is 59.3 Å². The summed E-state index contributed by atoms with van der Waals surface area (Å²) in [5, 5.41) is 0. The summed E-state index contributed by atoms with van der Waals surface area (Å²) in [4.78, 5) is 0. The molecule has 0 fully saturated rings. The van der Waals surface area contributed by atoms with Crippen LogP contribution in [0.5, 0.6) is 0 Å².